The molecule has 1 aromatic carbocycles. The molecule has 0 radical (unpaired) electrons. The number of rotatable bonds is 4. The average molecular weight is 292 g/mol. The van der Waals surface area contributed by atoms with E-state index in [1.807, 2.05) is 49.1 Å². The highest BCUT2D eigenvalue weighted by molar-refractivity contribution is 5.31. The Kier molecular flexibility index (Phi) is 4.01. The first-order chi connectivity index (χ1) is 10.7. The summed E-state index contributed by atoms with van der Waals surface area (Å²) in [7, 11) is 0. The van der Waals surface area contributed by atoms with Gasteiger partial charge in [0.15, 0.2) is 37.9 Å². The summed E-state index contributed by atoms with van der Waals surface area (Å²) in [6.07, 6.45) is 7.92. The van der Waals surface area contributed by atoms with Crippen molar-refractivity contribution in [2.45, 2.75) is 13.1 Å². The highest BCUT2D eigenvalue weighted by Gasteiger charge is 2.06. The fourth-order valence-corrected chi connectivity index (χ4v) is 2.45. The van der Waals surface area contributed by atoms with Crippen LogP contribution in [-0.2, 0) is 13.1 Å². The lowest BCUT2D eigenvalue weighted by molar-refractivity contribution is -0.688. The monoisotopic (exact) mass is 292 g/mol. The van der Waals surface area contributed by atoms with Crippen LogP contribution in [0.25, 0.3) is 0 Å². The zero-order chi connectivity index (χ0) is 15.4. The van der Waals surface area contributed by atoms with Crippen LogP contribution in [0.15, 0.2) is 73.3 Å². The highest BCUT2D eigenvalue weighted by Crippen LogP contribution is 2.05. The quantitative estimate of drug-likeness (QED) is 0.716. The largest absolute Gasteiger partial charge is 0.394 e. The summed E-state index contributed by atoms with van der Waals surface area (Å²) >= 11 is 0. The van der Waals surface area contributed by atoms with Crippen LogP contribution in [-0.4, -0.2) is 0 Å². The summed E-state index contributed by atoms with van der Waals surface area (Å²) in [6, 6.07) is 16.3. The van der Waals surface area contributed by atoms with Crippen molar-refractivity contribution < 1.29 is 9.13 Å². The number of nitrogen functional groups attached to an aromatic ring is 2. The second kappa shape index (κ2) is 6.26. The number of anilines is 2. The minimum atomic E-state index is 0.775. The van der Waals surface area contributed by atoms with Crippen molar-refractivity contribution in [3.8, 4) is 0 Å². The maximum absolute atomic E-state index is 5.80. The molecule has 4 N–H and O–H groups in total. The summed E-state index contributed by atoms with van der Waals surface area (Å²) in [5.41, 5.74) is 15.6. The molecule has 110 valence electrons. The van der Waals surface area contributed by atoms with Gasteiger partial charge < -0.3 is 11.5 Å². The number of nitrogens with two attached hydrogens (primary N) is 2. The van der Waals surface area contributed by atoms with Crippen molar-refractivity contribution >= 4 is 11.4 Å². The van der Waals surface area contributed by atoms with Gasteiger partial charge in [0, 0.05) is 23.3 Å². The predicted octanol–water partition coefficient (Wildman–Crippen LogP) is 1.52. The lowest BCUT2D eigenvalue weighted by Gasteiger charge is -2.01. The van der Waals surface area contributed by atoms with Crippen molar-refractivity contribution in [3.63, 3.8) is 0 Å². The van der Waals surface area contributed by atoms with E-state index in [1.54, 1.807) is 0 Å². The SMILES string of the molecule is Nc1ccc[n+](Cc2ccc(C[n+]3cccc(N)c3)cc2)c1. The highest BCUT2D eigenvalue weighted by atomic mass is 14.9. The van der Waals surface area contributed by atoms with E-state index in [4.69, 9.17) is 11.5 Å². The first-order valence-electron chi connectivity index (χ1n) is 7.26. The third kappa shape index (κ3) is 3.61. The van der Waals surface area contributed by atoms with E-state index >= 15 is 0 Å². The summed E-state index contributed by atoms with van der Waals surface area (Å²) in [5, 5.41) is 0. The summed E-state index contributed by atoms with van der Waals surface area (Å²) in [6.45, 7) is 1.63. The van der Waals surface area contributed by atoms with Crippen LogP contribution < -0.4 is 20.6 Å². The number of benzene rings is 1. The van der Waals surface area contributed by atoms with E-state index in [0.29, 0.717) is 0 Å². The lowest BCUT2D eigenvalue weighted by atomic mass is 10.1. The summed E-state index contributed by atoms with van der Waals surface area (Å²) in [5.74, 6) is 0. The Hall–Kier alpha value is -2.88. The smallest absolute Gasteiger partial charge is 0.192 e. The Balaban J connectivity index is 1.70. The van der Waals surface area contributed by atoms with Crippen molar-refractivity contribution in [2.75, 3.05) is 11.5 Å². The van der Waals surface area contributed by atoms with Gasteiger partial charge in [0.05, 0.1) is 11.4 Å². The molecule has 0 fully saturated rings. The minimum absolute atomic E-state index is 0.775. The van der Waals surface area contributed by atoms with Gasteiger partial charge in [-0.25, -0.2) is 0 Å². The van der Waals surface area contributed by atoms with Gasteiger partial charge in [-0.3, -0.25) is 0 Å². The molecule has 3 aromatic rings. The van der Waals surface area contributed by atoms with Gasteiger partial charge >= 0.3 is 0 Å². The molecule has 0 saturated heterocycles. The molecule has 2 aromatic heterocycles. The third-order valence-corrected chi connectivity index (χ3v) is 3.52. The Morgan fingerprint density at radius 1 is 0.636 bits per heavy atom. The van der Waals surface area contributed by atoms with Crippen molar-refractivity contribution in [2.24, 2.45) is 0 Å². The topological polar surface area (TPSA) is 59.8 Å². The number of nitrogens with zero attached hydrogens (tertiary/aromatic N) is 2. The van der Waals surface area contributed by atoms with E-state index in [1.165, 1.54) is 11.1 Å². The molecule has 0 aliphatic rings. The zero-order valence-corrected chi connectivity index (χ0v) is 12.4. The Morgan fingerprint density at radius 3 is 1.41 bits per heavy atom. The molecule has 0 bridgehead atoms. The molecule has 0 amide bonds. The standard InChI is InChI=1S/C18H20N4/c19-17-3-1-9-21(13-17)11-15-5-7-16(8-6-15)12-22-10-2-4-18(20)14-22/h1-10,13-14H,11-12,19-20H2/q+2. The molecule has 0 aliphatic heterocycles. The lowest BCUT2D eigenvalue weighted by Crippen LogP contribution is -2.34. The maximum Gasteiger partial charge on any atom is 0.192 e. The molecule has 0 spiro atoms. The van der Waals surface area contributed by atoms with E-state index in [-0.39, 0.29) is 0 Å². The van der Waals surface area contributed by atoms with Crippen LogP contribution in [0.3, 0.4) is 0 Å². The van der Waals surface area contributed by atoms with Gasteiger partial charge in [0.1, 0.15) is 0 Å². The number of hydrogen-bond donors (Lipinski definition) is 2. The molecule has 0 aliphatic carbocycles. The van der Waals surface area contributed by atoms with Gasteiger partial charge in [-0.15, -0.1) is 0 Å². The maximum atomic E-state index is 5.80. The van der Waals surface area contributed by atoms with E-state index in [0.717, 1.165) is 24.5 Å². The van der Waals surface area contributed by atoms with Crippen LogP contribution in [0.1, 0.15) is 11.1 Å². The number of pyridine rings is 2. The fourth-order valence-electron chi connectivity index (χ4n) is 2.45. The first-order valence-corrected chi connectivity index (χ1v) is 7.26. The predicted molar refractivity (Wildman–Crippen MR) is 86.7 cm³/mol. The third-order valence-electron chi connectivity index (χ3n) is 3.52. The minimum Gasteiger partial charge on any atom is -0.394 e. The van der Waals surface area contributed by atoms with Crippen LogP contribution in [0.2, 0.25) is 0 Å². The first kappa shape index (κ1) is 14.1. The van der Waals surface area contributed by atoms with Crippen LogP contribution in [0.4, 0.5) is 11.4 Å². The van der Waals surface area contributed by atoms with E-state index in [2.05, 4.69) is 33.4 Å². The van der Waals surface area contributed by atoms with E-state index < -0.39 is 0 Å². The molecule has 0 atom stereocenters. The molecule has 3 rings (SSSR count). The molecule has 0 saturated carbocycles. The summed E-state index contributed by atoms with van der Waals surface area (Å²) < 4.78 is 4.16. The van der Waals surface area contributed by atoms with Gasteiger partial charge in [0.2, 0.25) is 0 Å². The summed E-state index contributed by atoms with van der Waals surface area (Å²) in [4.78, 5) is 0. The molecule has 4 heteroatoms. The number of hydrogen-bond acceptors (Lipinski definition) is 2. The van der Waals surface area contributed by atoms with Crippen LogP contribution in [0.5, 0.6) is 0 Å². The molecule has 22 heavy (non-hydrogen) atoms. The Labute approximate surface area is 130 Å². The van der Waals surface area contributed by atoms with Gasteiger partial charge in [0.25, 0.3) is 0 Å². The van der Waals surface area contributed by atoms with Gasteiger partial charge in [-0.05, 0) is 12.1 Å². The molecule has 2 heterocycles. The Bertz CT molecular complexity index is 700. The number of aromatic nitrogens is 2. The van der Waals surface area contributed by atoms with Crippen molar-refractivity contribution in [1.82, 2.24) is 0 Å². The van der Waals surface area contributed by atoms with Crippen LogP contribution in [0, 0.1) is 0 Å². The molecule has 4 nitrogen and oxygen atoms in total. The fraction of sp³-hybridized carbons (Fsp3) is 0.111. The second-order valence-corrected chi connectivity index (χ2v) is 5.44. The molecular weight excluding hydrogens is 272 g/mol. The normalized spacial score (nSPS) is 10.5. The Morgan fingerprint density at radius 2 is 1.05 bits per heavy atom. The zero-order valence-electron chi connectivity index (χ0n) is 12.4. The second-order valence-electron chi connectivity index (χ2n) is 5.44. The van der Waals surface area contributed by atoms with Crippen LogP contribution >= 0.6 is 0 Å². The average Bonchev–Trinajstić information content (AvgIpc) is 2.49. The van der Waals surface area contributed by atoms with Gasteiger partial charge in [-0.2, -0.15) is 9.13 Å². The van der Waals surface area contributed by atoms with Gasteiger partial charge in [-0.1, -0.05) is 24.3 Å². The van der Waals surface area contributed by atoms with Crippen molar-refractivity contribution in [3.05, 3.63) is 84.4 Å². The van der Waals surface area contributed by atoms with Crippen molar-refractivity contribution in [1.29, 1.82) is 0 Å². The van der Waals surface area contributed by atoms with E-state index in [9.17, 15) is 0 Å². The molecule has 0 unspecified atom stereocenters. The molecular formula is C18H20N4+2.